The number of hydrogen-bond donors (Lipinski definition) is 1. The molecule has 4 heteroatoms. The van der Waals surface area contributed by atoms with E-state index in [0.717, 1.165) is 19.0 Å². The molecule has 3 aliphatic rings. The summed E-state index contributed by atoms with van der Waals surface area (Å²) >= 11 is 1.98. The summed E-state index contributed by atoms with van der Waals surface area (Å²) in [6, 6.07) is 0. The number of likely N-dealkylation sites (tertiary alicyclic amines) is 1. The summed E-state index contributed by atoms with van der Waals surface area (Å²) in [5.74, 6) is 2.15. The molecule has 0 unspecified atom stereocenters. The summed E-state index contributed by atoms with van der Waals surface area (Å²) in [5, 5.41) is 4.85. The summed E-state index contributed by atoms with van der Waals surface area (Å²) in [4.78, 5) is 7.40. The van der Waals surface area contributed by atoms with Gasteiger partial charge in [-0.05, 0) is 56.7 Å². The molecule has 0 aromatic heterocycles. The van der Waals surface area contributed by atoms with E-state index in [1.54, 1.807) is 0 Å². The third-order valence-electron chi connectivity index (χ3n) is 5.43. The Morgan fingerprint density at radius 3 is 2.65 bits per heavy atom. The molecular weight excluding hydrogens is 266 g/mol. The zero-order valence-corrected chi connectivity index (χ0v) is 13.7. The highest BCUT2D eigenvalue weighted by Gasteiger charge is 2.36. The summed E-state index contributed by atoms with van der Waals surface area (Å²) in [5.41, 5.74) is 0.572. The van der Waals surface area contributed by atoms with Crippen LogP contribution in [0.4, 0.5) is 0 Å². The molecule has 0 aromatic carbocycles. The van der Waals surface area contributed by atoms with E-state index in [1.807, 2.05) is 11.8 Å². The van der Waals surface area contributed by atoms with Gasteiger partial charge in [0.1, 0.15) is 0 Å². The molecule has 0 aromatic rings. The van der Waals surface area contributed by atoms with Crippen LogP contribution in [0, 0.1) is 11.3 Å². The smallest absolute Gasteiger partial charge is 0.156 e. The lowest BCUT2D eigenvalue weighted by atomic mass is 9.89. The van der Waals surface area contributed by atoms with E-state index < -0.39 is 0 Å². The Labute approximate surface area is 128 Å². The first-order valence-electron chi connectivity index (χ1n) is 8.43. The normalized spacial score (nSPS) is 27.8. The van der Waals surface area contributed by atoms with Gasteiger partial charge in [-0.25, -0.2) is 0 Å². The van der Waals surface area contributed by atoms with Crippen LogP contribution >= 0.6 is 11.8 Å². The zero-order valence-electron chi connectivity index (χ0n) is 12.9. The van der Waals surface area contributed by atoms with E-state index in [-0.39, 0.29) is 0 Å². The third kappa shape index (κ3) is 3.51. The molecule has 20 heavy (non-hydrogen) atoms. The Balaban J connectivity index is 1.40. The first kappa shape index (κ1) is 14.7. The van der Waals surface area contributed by atoms with Crippen molar-refractivity contribution in [2.75, 3.05) is 38.5 Å². The van der Waals surface area contributed by atoms with E-state index in [4.69, 9.17) is 4.99 Å². The standard InChI is InChI=1S/C16H29N3S/c1-2-19-9-5-14(6-10-19)11-17-15-18-12-16(13-20-15)7-3-4-8-16/h14H,2-13H2,1H3,(H,17,18). The number of thioether (sulfide) groups is 1. The number of amidine groups is 1. The average Bonchev–Trinajstić information content (AvgIpc) is 2.96. The average molecular weight is 295 g/mol. The Hall–Kier alpha value is -0.220. The lowest BCUT2D eigenvalue weighted by Crippen LogP contribution is -2.39. The second-order valence-corrected chi connectivity index (χ2v) is 7.84. The second-order valence-electron chi connectivity index (χ2n) is 6.88. The fourth-order valence-electron chi connectivity index (χ4n) is 3.83. The Kier molecular flexibility index (Phi) is 4.92. The summed E-state index contributed by atoms with van der Waals surface area (Å²) in [7, 11) is 0. The molecule has 114 valence electrons. The van der Waals surface area contributed by atoms with Gasteiger partial charge < -0.3 is 10.2 Å². The molecule has 2 heterocycles. The number of rotatable bonds is 3. The van der Waals surface area contributed by atoms with Crippen LogP contribution in [0.1, 0.15) is 45.4 Å². The van der Waals surface area contributed by atoms with Crippen molar-refractivity contribution >= 4 is 16.9 Å². The van der Waals surface area contributed by atoms with Crippen LogP contribution in [-0.2, 0) is 0 Å². The Morgan fingerprint density at radius 2 is 2.05 bits per heavy atom. The van der Waals surface area contributed by atoms with Crippen LogP contribution in [0.5, 0.6) is 0 Å². The molecule has 3 rings (SSSR count). The highest BCUT2D eigenvalue weighted by atomic mass is 32.2. The van der Waals surface area contributed by atoms with Gasteiger partial charge in [0.05, 0.1) is 0 Å². The molecule has 1 spiro atoms. The lowest BCUT2D eigenvalue weighted by Gasteiger charge is -2.33. The van der Waals surface area contributed by atoms with Crippen LogP contribution in [0.15, 0.2) is 4.99 Å². The van der Waals surface area contributed by atoms with Crippen molar-refractivity contribution < 1.29 is 0 Å². The first-order valence-corrected chi connectivity index (χ1v) is 9.42. The van der Waals surface area contributed by atoms with Crippen molar-refractivity contribution in [1.82, 2.24) is 10.2 Å². The highest BCUT2D eigenvalue weighted by molar-refractivity contribution is 8.13. The van der Waals surface area contributed by atoms with Gasteiger partial charge in [0, 0.05) is 18.8 Å². The van der Waals surface area contributed by atoms with Gasteiger partial charge in [0.2, 0.25) is 0 Å². The van der Waals surface area contributed by atoms with Crippen molar-refractivity contribution in [3.63, 3.8) is 0 Å². The minimum absolute atomic E-state index is 0.572. The van der Waals surface area contributed by atoms with Gasteiger partial charge >= 0.3 is 0 Å². The minimum atomic E-state index is 0.572. The number of hydrogen-bond acceptors (Lipinski definition) is 4. The Bertz CT molecular complexity index is 342. The van der Waals surface area contributed by atoms with Gasteiger partial charge in [-0.3, -0.25) is 4.99 Å². The van der Waals surface area contributed by atoms with Crippen molar-refractivity contribution in [2.45, 2.75) is 45.4 Å². The first-order chi connectivity index (χ1) is 9.80. The lowest BCUT2D eigenvalue weighted by molar-refractivity contribution is 0.193. The predicted molar refractivity (Wildman–Crippen MR) is 88.5 cm³/mol. The largest absolute Gasteiger partial charge is 0.365 e. The van der Waals surface area contributed by atoms with Crippen molar-refractivity contribution in [3.05, 3.63) is 0 Å². The number of nitrogens with one attached hydrogen (secondary N) is 1. The van der Waals surface area contributed by atoms with Crippen molar-refractivity contribution in [1.29, 1.82) is 0 Å². The molecule has 1 saturated carbocycles. The number of nitrogens with zero attached hydrogens (tertiary/aromatic N) is 2. The monoisotopic (exact) mass is 295 g/mol. The maximum atomic E-state index is 4.84. The fourth-order valence-corrected chi connectivity index (χ4v) is 4.99. The van der Waals surface area contributed by atoms with E-state index in [9.17, 15) is 0 Å². The van der Waals surface area contributed by atoms with E-state index in [0.29, 0.717) is 5.41 Å². The predicted octanol–water partition coefficient (Wildman–Crippen LogP) is 2.97. The molecule has 2 fully saturated rings. The summed E-state index contributed by atoms with van der Waals surface area (Å²) in [6.45, 7) is 8.26. The van der Waals surface area contributed by atoms with Crippen LogP contribution in [-0.4, -0.2) is 48.5 Å². The summed E-state index contributed by atoms with van der Waals surface area (Å²) in [6.07, 6.45) is 8.37. The van der Waals surface area contributed by atoms with E-state index in [1.165, 1.54) is 69.1 Å². The molecule has 0 atom stereocenters. The zero-order chi connectivity index (χ0) is 13.8. The third-order valence-corrected chi connectivity index (χ3v) is 6.74. The highest BCUT2D eigenvalue weighted by Crippen LogP contribution is 2.43. The maximum absolute atomic E-state index is 4.84. The van der Waals surface area contributed by atoms with Gasteiger partial charge in [-0.15, -0.1) is 0 Å². The number of piperidine rings is 1. The molecular formula is C16H29N3S. The molecule has 0 radical (unpaired) electrons. The van der Waals surface area contributed by atoms with Crippen LogP contribution in [0.2, 0.25) is 0 Å². The Morgan fingerprint density at radius 1 is 1.30 bits per heavy atom. The van der Waals surface area contributed by atoms with Crippen LogP contribution < -0.4 is 5.32 Å². The molecule has 2 aliphatic heterocycles. The number of aliphatic imine (C=N–C) groups is 1. The van der Waals surface area contributed by atoms with Gasteiger partial charge in [-0.2, -0.15) is 0 Å². The minimum Gasteiger partial charge on any atom is -0.365 e. The fraction of sp³-hybridized carbons (Fsp3) is 0.938. The maximum Gasteiger partial charge on any atom is 0.156 e. The topological polar surface area (TPSA) is 27.6 Å². The molecule has 1 saturated heterocycles. The van der Waals surface area contributed by atoms with Crippen LogP contribution in [0.3, 0.4) is 0 Å². The van der Waals surface area contributed by atoms with E-state index >= 15 is 0 Å². The van der Waals surface area contributed by atoms with Crippen molar-refractivity contribution in [2.24, 2.45) is 16.3 Å². The van der Waals surface area contributed by atoms with Crippen molar-refractivity contribution in [3.8, 4) is 0 Å². The quantitative estimate of drug-likeness (QED) is 0.867. The van der Waals surface area contributed by atoms with Gasteiger partial charge in [-0.1, -0.05) is 31.5 Å². The summed E-state index contributed by atoms with van der Waals surface area (Å²) < 4.78 is 0. The SMILES string of the molecule is CCN1CCC(CNC2=NCC3(CCCC3)CS2)CC1. The molecule has 3 nitrogen and oxygen atoms in total. The van der Waals surface area contributed by atoms with Crippen LogP contribution in [0.25, 0.3) is 0 Å². The van der Waals surface area contributed by atoms with Gasteiger partial charge in [0.25, 0.3) is 0 Å². The second kappa shape index (κ2) is 6.69. The van der Waals surface area contributed by atoms with E-state index in [2.05, 4.69) is 17.1 Å². The molecule has 1 aliphatic carbocycles. The molecule has 0 amide bonds. The molecule has 0 bridgehead atoms. The van der Waals surface area contributed by atoms with Gasteiger partial charge in [0.15, 0.2) is 5.17 Å². The molecule has 1 N–H and O–H groups in total.